The van der Waals surface area contributed by atoms with Crippen LogP contribution in [0.5, 0.6) is 0 Å². The fourth-order valence-corrected chi connectivity index (χ4v) is 1.82. The van der Waals surface area contributed by atoms with E-state index in [4.69, 9.17) is 5.73 Å². The fraction of sp³-hybridized carbons (Fsp3) is 0.500. The first kappa shape index (κ1) is 7.59. The van der Waals surface area contributed by atoms with Crippen molar-refractivity contribution in [1.82, 2.24) is 4.98 Å². The molecule has 1 aliphatic carbocycles. The molecule has 2 nitrogen and oxygen atoms in total. The number of rotatable bonds is 1. The fourth-order valence-electron chi connectivity index (χ4n) is 1.82. The maximum atomic E-state index is 5.82. The second kappa shape index (κ2) is 2.77. The Morgan fingerprint density at radius 1 is 1.50 bits per heavy atom. The first-order chi connectivity index (χ1) is 5.79. The van der Waals surface area contributed by atoms with Crippen molar-refractivity contribution in [3.05, 3.63) is 23.4 Å². The molecule has 0 amide bonds. The molecule has 1 aromatic heterocycles. The van der Waals surface area contributed by atoms with Gasteiger partial charge in [0.2, 0.25) is 0 Å². The van der Waals surface area contributed by atoms with Gasteiger partial charge in [-0.2, -0.15) is 0 Å². The van der Waals surface area contributed by atoms with Gasteiger partial charge in [-0.1, -0.05) is 6.42 Å². The van der Waals surface area contributed by atoms with Crippen molar-refractivity contribution in [3.8, 4) is 0 Å². The topological polar surface area (TPSA) is 38.9 Å². The number of nitrogens with two attached hydrogens (primary N) is 1. The lowest BCUT2D eigenvalue weighted by Crippen LogP contribution is -2.13. The van der Waals surface area contributed by atoms with Gasteiger partial charge in [-0.3, -0.25) is 0 Å². The lowest BCUT2D eigenvalue weighted by molar-refractivity contribution is 0.418. The van der Waals surface area contributed by atoms with Gasteiger partial charge in [0, 0.05) is 11.8 Å². The van der Waals surface area contributed by atoms with Gasteiger partial charge in [0.15, 0.2) is 0 Å². The second-order valence-corrected chi connectivity index (χ2v) is 3.55. The molecule has 0 bridgehead atoms. The van der Waals surface area contributed by atoms with Crippen molar-refractivity contribution in [2.75, 3.05) is 5.73 Å². The summed E-state index contributed by atoms with van der Waals surface area (Å²) in [6.45, 7) is 2.12. The number of nitrogens with zero attached hydrogens (tertiary/aromatic N) is 1. The van der Waals surface area contributed by atoms with Crippen LogP contribution in [0.15, 0.2) is 12.3 Å². The highest BCUT2D eigenvalue weighted by molar-refractivity contribution is 5.46. The summed E-state index contributed by atoms with van der Waals surface area (Å²) in [6.07, 6.45) is 5.71. The highest BCUT2D eigenvalue weighted by atomic mass is 14.8. The third-order valence-electron chi connectivity index (χ3n) is 2.75. The summed E-state index contributed by atoms with van der Waals surface area (Å²) >= 11 is 0. The average Bonchev–Trinajstić information content (AvgIpc) is 1.93. The first-order valence-corrected chi connectivity index (χ1v) is 4.50. The molecule has 0 unspecified atom stereocenters. The van der Waals surface area contributed by atoms with E-state index in [9.17, 15) is 0 Å². The van der Waals surface area contributed by atoms with E-state index in [1.165, 1.54) is 30.4 Å². The zero-order chi connectivity index (χ0) is 8.55. The molecule has 0 atom stereocenters. The monoisotopic (exact) mass is 162 g/mol. The molecule has 2 rings (SSSR count). The maximum absolute atomic E-state index is 5.82. The SMILES string of the molecule is Cc1ccnc(N)c1C1CCC1. The van der Waals surface area contributed by atoms with Crippen molar-refractivity contribution < 1.29 is 0 Å². The molecular weight excluding hydrogens is 148 g/mol. The van der Waals surface area contributed by atoms with E-state index >= 15 is 0 Å². The van der Waals surface area contributed by atoms with Crippen LogP contribution in [0.2, 0.25) is 0 Å². The normalized spacial score (nSPS) is 17.4. The van der Waals surface area contributed by atoms with Crippen LogP contribution in [-0.4, -0.2) is 4.98 Å². The van der Waals surface area contributed by atoms with Gasteiger partial charge in [-0.15, -0.1) is 0 Å². The molecule has 1 aliphatic rings. The molecule has 1 heterocycles. The minimum atomic E-state index is 0.693. The van der Waals surface area contributed by atoms with Crippen molar-refractivity contribution in [2.45, 2.75) is 32.1 Å². The largest absolute Gasteiger partial charge is 0.383 e. The molecule has 0 radical (unpaired) electrons. The van der Waals surface area contributed by atoms with Gasteiger partial charge >= 0.3 is 0 Å². The standard InChI is InChI=1S/C10H14N2/c1-7-5-6-12-10(11)9(7)8-3-2-4-8/h5-6,8H,2-4H2,1H3,(H2,11,12). The summed E-state index contributed by atoms with van der Waals surface area (Å²) in [4.78, 5) is 4.12. The Bertz CT molecular complexity index is 270. The van der Waals surface area contributed by atoms with Crippen molar-refractivity contribution in [2.24, 2.45) is 0 Å². The summed E-state index contributed by atoms with van der Waals surface area (Å²) in [6, 6.07) is 2.05. The summed E-state index contributed by atoms with van der Waals surface area (Å²) in [5.74, 6) is 1.43. The maximum Gasteiger partial charge on any atom is 0.127 e. The van der Waals surface area contributed by atoms with Gasteiger partial charge in [0.05, 0.1) is 0 Å². The Morgan fingerprint density at radius 2 is 2.25 bits per heavy atom. The van der Waals surface area contributed by atoms with Crippen molar-refractivity contribution in [3.63, 3.8) is 0 Å². The van der Waals surface area contributed by atoms with Crippen molar-refractivity contribution >= 4 is 5.82 Å². The molecule has 1 fully saturated rings. The second-order valence-electron chi connectivity index (χ2n) is 3.55. The quantitative estimate of drug-likeness (QED) is 0.687. The van der Waals surface area contributed by atoms with E-state index in [-0.39, 0.29) is 0 Å². The number of hydrogen-bond acceptors (Lipinski definition) is 2. The molecule has 2 heteroatoms. The van der Waals surface area contributed by atoms with Gasteiger partial charge in [-0.25, -0.2) is 4.98 Å². The molecular formula is C10H14N2. The summed E-state index contributed by atoms with van der Waals surface area (Å²) in [7, 11) is 0. The van der Waals surface area contributed by atoms with E-state index in [1.807, 2.05) is 6.07 Å². The average molecular weight is 162 g/mol. The molecule has 0 aliphatic heterocycles. The molecule has 2 N–H and O–H groups in total. The van der Waals surface area contributed by atoms with Crippen LogP contribution in [-0.2, 0) is 0 Å². The highest BCUT2D eigenvalue weighted by Crippen LogP contribution is 2.39. The molecule has 0 spiro atoms. The minimum Gasteiger partial charge on any atom is -0.383 e. The van der Waals surface area contributed by atoms with Crippen LogP contribution in [0, 0.1) is 6.92 Å². The molecule has 1 saturated carbocycles. The molecule has 0 saturated heterocycles. The van der Waals surface area contributed by atoms with Gasteiger partial charge < -0.3 is 5.73 Å². The van der Waals surface area contributed by atoms with Crippen LogP contribution in [0.1, 0.15) is 36.3 Å². The zero-order valence-corrected chi connectivity index (χ0v) is 7.38. The lowest BCUT2D eigenvalue weighted by atomic mass is 9.78. The van der Waals surface area contributed by atoms with Crippen LogP contribution in [0.3, 0.4) is 0 Å². The van der Waals surface area contributed by atoms with Gasteiger partial charge in [0.25, 0.3) is 0 Å². The van der Waals surface area contributed by atoms with Gasteiger partial charge in [-0.05, 0) is 37.3 Å². The van der Waals surface area contributed by atoms with Gasteiger partial charge in [0.1, 0.15) is 5.82 Å². The molecule has 12 heavy (non-hydrogen) atoms. The molecule has 0 aromatic carbocycles. The lowest BCUT2D eigenvalue weighted by Gasteiger charge is -2.27. The number of aromatic nitrogens is 1. The Hall–Kier alpha value is -1.05. The van der Waals surface area contributed by atoms with E-state index in [0.29, 0.717) is 5.92 Å². The Morgan fingerprint density at radius 3 is 2.75 bits per heavy atom. The number of pyridine rings is 1. The predicted octanol–water partition coefficient (Wildman–Crippen LogP) is 2.24. The van der Waals surface area contributed by atoms with Crippen molar-refractivity contribution in [1.29, 1.82) is 0 Å². The Kier molecular flexibility index (Phi) is 1.75. The smallest absolute Gasteiger partial charge is 0.127 e. The van der Waals surface area contributed by atoms with E-state index in [0.717, 1.165) is 5.82 Å². The van der Waals surface area contributed by atoms with E-state index in [2.05, 4.69) is 11.9 Å². The van der Waals surface area contributed by atoms with E-state index < -0.39 is 0 Å². The summed E-state index contributed by atoms with van der Waals surface area (Å²) in [5, 5.41) is 0. The number of anilines is 1. The van der Waals surface area contributed by atoms with Crippen LogP contribution in [0.4, 0.5) is 5.82 Å². The third-order valence-corrected chi connectivity index (χ3v) is 2.75. The van der Waals surface area contributed by atoms with Crippen LogP contribution < -0.4 is 5.73 Å². The first-order valence-electron chi connectivity index (χ1n) is 4.50. The predicted molar refractivity (Wildman–Crippen MR) is 50.0 cm³/mol. The van der Waals surface area contributed by atoms with Crippen LogP contribution >= 0.6 is 0 Å². The summed E-state index contributed by atoms with van der Waals surface area (Å²) in [5.41, 5.74) is 8.41. The Balaban J connectivity index is 2.39. The van der Waals surface area contributed by atoms with Crippen LogP contribution in [0.25, 0.3) is 0 Å². The third kappa shape index (κ3) is 1.07. The number of aryl methyl sites for hydroxylation is 1. The number of nitrogen functional groups attached to an aromatic ring is 1. The Labute approximate surface area is 72.8 Å². The molecule has 1 aromatic rings. The van der Waals surface area contributed by atoms with E-state index in [1.54, 1.807) is 6.20 Å². The molecule has 64 valence electrons. The summed E-state index contributed by atoms with van der Waals surface area (Å²) < 4.78 is 0. The zero-order valence-electron chi connectivity index (χ0n) is 7.38. The highest BCUT2D eigenvalue weighted by Gasteiger charge is 2.23. The minimum absolute atomic E-state index is 0.693. The number of hydrogen-bond donors (Lipinski definition) is 1.